The fourth-order valence-corrected chi connectivity index (χ4v) is 11.9. The quantitative estimate of drug-likeness (QED) is 0.0503. The maximum Gasteiger partial charge on any atom is 0.338 e. The highest BCUT2D eigenvalue weighted by Crippen LogP contribution is 2.40. The summed E-state index contributed by atoms with van der Waals surface area (Å²) in [5.41, 5.74) is 0.678. The molecule has 2 aromatic carbocycles. The van der Waals surface area contributed by atoms with Crippen LogP contribution in [0.2, 0.25) is 0 Å². The van der Waals surface area contributed by atoms with Crippen LogP contribution in [0, 0.1) is 0 Å². The molecule has 0 atom stereocenters. The van der Waals surface area contributed by atoms with Crippen molar-refractivity contribution in [3.63, 3.8) is 0 Å². The predicted molar refractivity (Wildman–Crippen MR) is 332 cm³/mol. The number of aromatic hydroxyl groups is 2. The smallest absolute Gasteiger partial charge is 0.338 e. The van der Waals surface area contributed by atoms with E-state index in [-0.39, 0.29) is 11.5 Å². The monoisotopic (exact) mass is 1090 g/mol. The average Bonchev–Trinajstić information content (AvgIpc) is 3.43. The van der Waals surface area contributed by atoms with Gasteiger partial charge < -0.3 is 19.7 Å². The lowest BCUT2D eigenvalue weighted by Crippen LogP contribution is -2.07. The third-order valence-electron chi connectivity index (χ3n) is 16.1. The average molecular weight is 1090 g/mol. The Kier molecular flexibility index (Phi) is 49.3. The highest BCUT2D eigenvalue weighted by atomic mass is 32.2. The summed E-state index contributed by atoms with van der Waals surface area (Å²) in [6.07, 6.45) is 70.6. The second-order valence-electron chi connectivity index (χ2n) is 23.4. The molecule has 0 unspecified atom stereocenters. The lowest BCUT2D eigenvalue weighted by Gasteiger charge is -2.11. The van der Waals surface area contributed by atoms with Gasteiger partial charge in [0.05, 0.1) is 34.1 Å². The van der Waals surface area contributed by atoms with E-state index in [9.17, 15) is 19.8 Å². The Bertz CT molecular complexity index is 1510. The zero-order valence-corrected chi connectivity index (χ0v) is 51.4. The lowest BCUT2D eigenvalue weighted by atomic mass is 10.0. The lowest BCUT2D eigenvalue weighted by molar-refractivity contribution is 0.0488. The third kappa shape index (κ3) is 42.8. The molecule has 0 aliphatic carbocycles. The van der Waals surface area contributed by atoms with Gasteiger partial charge in [-0.1, -0.05) is 347 Å². The number of phenols is 2. The Morgan fingerprint density at radius 2 is 0.481 bits per heavy atom. The van der Waals surface area contributed by atoms with E-state index in [4.69, 9.17) is 9.47 Å². The number of carbonyl (C=O) groups is 2. The van der Waals surface area contributed by atoms with Crippen LogP contribution in [0.4, 0.5) is 0 Å². The molecule has 2 aromatic rings. The van der Waals surface area contributed by atoms with Crippen molar-refractivity contribution in [2.24, 2.45) is 0 Å². The molecule has 0 aliphatic heterocycles. The molecule has 0 spiro atoms. The molecule has 0 radical (unpaired) electrons. The van der Waals surface area contributed by atoms with E-state index >= 15 is 0 Å². The molecular weight excluding hydrogens is 969 g/mol. The van der Waals surface area contributed by atoms with Crippen molar-refractivity contribution >= 4 is 23.7 Å². The van der Waals surface area contributed by atoms with Gasteiger partial charge in [-0.2, -0.15) is 0 Å². The number of phenolic OH excluding ortho intramolecular Hbond substituents is 2. The van der Waals surface area contributed by atoms with Gasteiger partial charge in [-0.3, -0.25) is 0 Å². The van der Waals surface area contributed by atoms with Crippen LogP contribution in [-0.2, 0) is 9.47 Å². The number of hydrogen-bond acceptors (Lipinski definition) is 7. The van der Waals surface area contributed by atoms with E-state index in [2.05, 4.69) is 13.8 Å². The van der Waals surface area contributed by atoms with Crippen LogP contribution in [0.15, 0.2) is 46.2 Å². The number of unbranched alkanes of at least 4 members (excludes halogenated alkanes) is 50. The maximum atomic E-state index is 12.9. The van der Waals surface area contributed by atoms with E-state index in [0.29, 0.717) is 34.1 Å². The number of esters is 2. The van der Waals surface area contributed by atoms with Crippen LogP contribution in [0.3, 0.4) is 0 Å². The Morgan fingerprint density at radius 1 is 0.299 bits per heavy atom. The van der Waals surface area contributed by atoms with Crippen LogP contribution >= 0.6 is 11.8 Å². The van der Waals surface area contributed by atoms with E-state index in [1.54, 1.807) is 24.3 Å². The summed E-state index contributed by atoms with van der Waals surface area (Å²) in [5, 5.41) is 21.3. The summed E-state index contributed by atoms with van der Waals surface area (Å²) < 4.78 is 11.2. The van der Waals surface area contributed by atoms with Crippen molar-refractivity contribution in [3.05, 3.63) is 47.5 Å². The molecular formula is C70H122O6S. The molecule has 0 amide bonds. The van der Waals surface area contributed by atoms with Crippen LogP contribution in [0.25, 0.3) is 0 Å². The minimum atomic E-state index is -0.431. The van der Waals surface area contributed by atoms with Gasteiger partial charge in [0.25, 0.3) is 0 Å². The molecule has 7 heteroatoms. The highest BCUT2D eigenvalue weighted by Gasteiger charge is 2.16. The number of benzene rings is 2. The molecule has 2 N–H and O–H groups in total. The van der Waals surface area contributed by atoms with Crippen molar-refractivity contribution in [1.82, 2.24) is 0 Å². The summed E-state index contributed by atoms with van der Waals surface area (Å²) in [5.74, 6) is -0.900. The number of carbonyl (C=O) groups excluding carboxylic acids is 2. The van der Waals surface area contributed by atoms with E-state index in [1.165, 1.54) is 307 Å². The number of hydrogen-bond donors (Lipinski definition) is 2. The maximum absolute atomic E-state index is 12.9. The molecule has 0 bridgehead atoms. The zero-order chi connectivity index (χ0) is 55.2. The van der Waals surface area contributed by atoms with Crippen LogP contribution < -0.4 is 0 Å². The third-order valence-corrected chi connectivity index (χ3v) is 17.2. The first-order chi connectivity index (χ1) is 38.0. The first-order valence-electron chi connectivity index (χ1n) is 33.6. The van der Waals surface area contributed by atoms with Gasteiger partial charge in [-0.05, 0) is 49.2 Å². The number of ether oxygens (including phenoxy) is 2. The van der Waals surface area contributed by atoms with Crippen molar-refractivity contribution in [3.8, 4) is 11.5 Å². The van der Waals surface area contributed by atoms with Gasteiger partial charge in [-0.15, -0.1) is 0 Å². The molecule has 0 fully saturated rings. The molecule has 444 valence electrons. The normalized spacial score (nSPS) is 11.5. The van der Waals surface area contributed by atoms with Crippen molar-refractivity contribution in [1.29, 1.82) is 0 Å². The second-order valence-corrected chi connectivity index (χ2v) is 24.5. The number of rotatable bonds is 58. The largest absolute Gasteiger partial charge is 0.507 e. The SMILES string of the molecule is CCCCCCCCCCCCCCCCCCCCCCCCCCCCOC(=O)c1ccc(O)c(Sc2cc(C(=O)OCCCCCCCCCCCCCCCCCCCCCCCCCCCC)ccc2O)c1. The summed E-state index contributed by atoms with van der Waals surface area (Å²) in [6, 6.07) is 9.21. The minimum absolute atomic E-state index is 0.0185. The molecule has 0 aromatic heterocycles. The minimum Gasteiger partial charge on any atom is -0.507 e. The highest BCUT2D eigenvalue weighted by molar-refractivity contribution is 7.99. The van der Waals surface area contributed by atoms with Crippen LogP contribution in [0.5, 0.6) is 11.5 Å². The zero-order valence-electron chi connectivity index (χ0n) is 50.6. The summed E-state index contributed by atoms with van der Waals surface area (Å²) in [7, 11) is 0. The molecule has 2 rings (SSSR count). The van der Waals surface area contributed by atoms with E-state index in [1.807, 2.05) is 0 Å². The van der Waals surface area contributed by atoms with Crippen LogP contribution in [-0.4, -0.2) is 35.4 Å². The Labute approximate surface area is 480 Å². The van der Waals surface area contributed by atoms with Gasteiger partial charge in [0.1, 0.15) is 11.5 Å². The van der Waals surface area contributed by atoms with Crippen molar-refractivity contribution in [2.45, 2.75) is 358 Å². The Balaban J connectivity index is 1.41. The summed E-state index contributed by atoms with van der Waals surface area (Å²) in [6.45, 7) is 5.32. The van der Waals surface area contributed by atoms with Gasteiger partial charge in [0.15, 0.2) is 0 Å². The standard InChI is InChI=1S/C70H122O6S/c1-3-5-7-9-11-13-15-17-19-21-23-25-27-29-31-33-35-37-39-41-43-45-47-49-51-53-59-75-69(73)63-55-57-65(71)67(61-63)77-68-62-64(56-58-66(68)72)70(74)76-60-54-52-50-48-46-44-42-40-38-36-34-32-30-28-26-24-22-20-18-16-14-12-10-8-6-4-2/h55-58,61-62,71-72H,3-54,59-60H2,1-2H3. The molecule has 0 saturated carbocycles. The van der Waals surface area contributed by atoms with Crippen molar-refractivity contribution < 1.29 is 29.3 Å². The van der Waals surface area contributed by atoms with Crippen molar-refractivity contribution in [2.75, 3.05) is 13.2 Å². The molecule has 0 saturated heterocycles. The van der Waals surface area contributed by atoms with E-state index < -0.39 is 11.9 Å². The first kappa shape index (κ1) is 70.4. The molecule has 0 heterocycles. The fraction of sp³-hybridized carbons (Fsp3) is 0.800. The van der Waals surface area contributed by atoms with E-state index in [0.717, 1.165) is 50.3 Å². The summed E-state index contributed by atoms with van der Waals surface area (Å²) >= 11 is 1.10. The molecule has 6 nitrogen and oxygen atoms in total. The fourth-order valence-electron chi connectivity index (χ4n) is 10.9. The first-order valence-corrected chi connectivity index (χ1v) is 34.5. The van der Waals surface area contributed by atoms with Gasteiger partial charge in [0.2, 0.25) is 0 Å². The van der Waals surface area contributed by atoms with Crippen LogP contribution in [0.1, 0.15) is 368 Å². The second kappa shape index (κ2) is 53.9. The van der Waals surface area contributed by atoms with Gasteiger partial charge in [0, 0.05) is 0 Å². The van der Waals surface area contributed by atoms with Gasteiger partial charge in [-0.25, -0.2) is 9.59 Å². The Hall–Kier alpha value is -2.67. The predicted octanol–water partition coefficient (Wildman–Crippen LogP) is 23.9. The van der Waals surface area contributed by atoms with Gasteiger partial charge >= 0.3 is 11.9 Å². The summed E-state index contributed by atoms with van der Waals surface area (Å²) in [4.78, 5) is 26.7. The molecule has 0 aliphatic rings. The topological polar surface area (TPSA) is 93.1 Å². The molecule has 77 heavy (non-hydrogen) atoms. The Morgan fingerprint density at radius 3 is 0.675 bits per heavy atom.